The number of carbonyl (C=O) groups excluding carboxylic acids is 1. The van der Waals surface area contributed by atoms with Crippen LogP contribution in [-0.2, 0) is 24.4 Å². The van der Waals surface area contributed by atoms with Crippen molar-refractivity contribution in [3.63, 3.8) is 0 Å². The standard InChI is InChI=1S/C15H15F3N4OS/c1-9-7-10-5-3-4-6-11(10)22(9)12(23)8-24-14-20-19-13(21(14)2)15(16,17)18/h3-6,9H,7-8H2,1-2H3/t9-/m0/s1. The normalized spacial score (nSPS) is 17.2. The number of nitrogens with zero attached hydrogens (tertiary/aromatic N) is 4. The van der Waals surface area contributed by atoms with E-state index < -0.39 is 12.0 Å². The first-order valence-corrected chi connectivity index (χ1v) is 8.27. The molecule has 2 heterocycles. The lowest BCUT2D eigenvalue weighted by molar-refractivity contribution is -0.147. The fraction of sp³-hybridized carbons (Fsp3) is 0.400. The van der Waals surface area contributed by atoms with E-state index in [0.29, 0.717) is 0 Å². The summed E-state index contributed by atoms with van der Waals surface area (Å²) in [6.07, 6.45) is -3.79. The minimum absolute atomic E-state index is 0.00248. The number of rotatable bonds is 3. The van der Waals surface area contributed by atoms with Crippen molar-refractivity contribution in [2.45, 2.75) is 30.7 Å². The predicted molar refractivity (Wildman–Crippen MR) is 83.8 cm³/mol. The smallest absolute Gasteiger partial charge is 0.308 e. The highest BCUT2D eigenvalue weighted by atomic mass is 32.2. The summed E-state index contributed by atoms with van der Waals surface area (Å²) >= 11 is 0.954. The Bertz CT molecular complexity index is 774. The second kappa shape index (κ2) is 6.12. The van der Waals surface area contributed by atoms with Crippen LogP contribution in [0.1, 0.15) is 18.3 Å². The third-order valence-corrected chi connectivity index (χ3v) is 4.89. The van der Waals surface area contributed by atoms with Gasteiger partial charge in [0.25, 0.3) is 0 Å². The number of aromatic nitrogens is 3. The Morgan fingerprint density at radius 1 is 1.33 bits per heavy atom. The predicted octanol–water partition coefficient (Wildman–Crippen LogP) is 2.90. The summed E-state index contributed by atoms with van der Waals surface area (Å²) in [5.74, 6) is -1.23. The molecule has 128 valence electrons. The Morgan fingerprint density at radius 2 is 2.04 bits per heavy atom. The molecule has 5 nitrogen and oxygen atoms in total. The molecule has 0 saturated heterocycles. The second-order valence-corrected chi connectivity index (χ2v) is 6.54. The molecule has 0 radical (unpaired) electrons. The number of hydrogen-bond acceptors (Lipinski definition) is 4. The summed E-state index contributed by atoms with van der Waals surface area (Å²) in [6, 6.07) is 7.67. The van der Waals surface area contributed by atoms with Crippen molar-refractivity contribution >= 4 is 23.4 Å². The molecule has 3 rings (SSSR count). The third-order valence-electron chi connectivity index (χ3n) is 3.89. The number of carbonyl (C=O) groups is 1. The van der Waals surface area contributed by atoms with Crippen LogP contribution in [0.2, 0.25) is 0 Å². The van der Waals surface area contributed by atoms with Gasteiger partial charge >= 0.3 is 6.18 Å². The molecule has 1 aromatic heterocycles. The van der Waals surface area contributed by atoms with Crippen molar-refractivity contribution in [3.05, 3.63) is 35.7 Å². The zero-order valence-corrected chi connectivity index (χ0v) is 13.9. The summed E-state index contributed by atoms with van der Waals surface area (Å²) in [6.45, 7) is 1.95. The van der Waals surface area contributed by atoms with E-state index in [-0.39, 0.29) is 22.9 Å². The largest absolute Gasteiger partial charge is 0.451 e. The number of anilines is 1. The highest BCUT2D eigenvalue weighted by Gasteiger charge is 2.38. The van der Waals surface area contributed by atoms with Gasteiger partial charge in [-0.3, -0.25) is 4.79 Å². The lowest BCUT2D eigenvalue weighted by Crippen LogP contribution is -2.37. The third kappa shape index (κ3) is 3.00. The number of fused-ring (bicyclic) bond motifs is 1. The lowest BCUT2D eigenvalue weighted by atomic mass is 10.1. The van der Waals surface area contributed by atoms with Crippen molar-refractivity contribution in [1.29, 1.82) is 0 Å². The number of amides is 1. The van der Waals surface area contributed by atoms with Gasteiger partial charge in [0, 0.05) is 18.8 Å². The molecule has 1 amide bonds. The summed E-state index contributed by atoms with van der Waals surface area (Å²) < 4.78 is 39.0. The minimum Gasteiger partial charge on any atom is -0.308 e. The molecule has 0 saturated carbocycles. The van der Waals surface area contributed by atoms with E-state index in [1.165, 1.54) is 7.05 Å². The Morgan fingerprint density at radius 3 is 2.71 bits per heavy atom. The van der Waals surface area contributed by atoms with Gasteiger partial charge in [0.1, 0.15) is 0 Å². The molecule has 1 aliphatic heterocycles. The number of benzene rings is 1. The summed E-state index contributed by atoms with van der Waals surface area (Å²) in [5.41, 5.74) is 1.96. The van der Waals surface area contributed by atoms with Gasteiger partial charge in [-0.15, -0.1) is 10.2 Å². The van der Waals surface area contributed by atoms with Crippen LogP contribution in [0.5, 0.6) is 0 Å². The minimum atomic E-state index is -4.56. The first kappa shape index (κ1) is 16.8. The van der Waals surface area contributed by atoms with Crippen LogP contribution in [0.3, 0.4) is 0 Å². The summed E-state index contributed by atoms with van der Waals surface area (Å²) in [7, 11) is 1.24. The van der Waals surface area contributed by atoms with E-state index in [0.717, 1.165) is 34.0 Å². The Hall–Kier alpha value is -2.03. The highest BCUT2D eigenvalue weighted by Crippen LogP contribution is 2.33. The van der Waals surface area contributed by atoms with Crippen molar-refractivity contribution in [2.24, 2.45) is 7.05 Å². The average molecular weight is 356 g/mol. The van der Waals surface area contributed by atoms with Gasteiger partial charge in [-0.1, -0.05) is 30.0 Å². The summed E-state index contributed by atoms with van der Waals surface area (Å²) in [4.78, 5) is 14.2. The molecular formula is C15H15F3N4OS. The molecule has 0 fully saturated rings. The number of thioether (sulfide) groups is 1. The molecule has 0 spiro atoms. The monoisotopic (exact) mass is 356 g/mol. The molecule has 1 aliphatic rings. The zero-order valence-electron chi connectivity index (χ0n) is 13.0. The van der Waals surface area contributed by atoms with Crippen molar-refractivity contribution in [1.82, 2.24) is 14.8 Å². The van der Waals surface area contributed by atoms with Crippen LogP contribution >= 0.6 is 11.8 Å². The topological polar surface area (TPSA) is 51.0 Å². The maximum atomic E-state index is 12.7. The molecule has 0 N–H and O–H groups in total. The van der Waals surface area contributed by atoms with E-state index in [1.54, 1.807) is 4.90 Å². The second-order valence-electron chi connectivity index (χ2n) is 5.60. The maximum Gasteiger partial charge on any atom is 0.451 e. The van der Waals surface area contributed by atoms with Crippen molar-refractivity contribution < 1.29 is 18.0 Å². The number of para-hydroxylation sites is 1. The maximum absolute atomic E-state index is 12.7. The van der Waals surface area contributed by atoms with Gasteiger partial charge in [0.2, 0.25) is 11.7 Å². The van der Waals surface area contributed by atoms with Gasteiger partial charge in [0.05, 0.1) is 5.75 Å². The molecule has 0 unspecified atom stereocenters. The fourth-order valence-corrected chi connectivity index (χ4v) is 3.60. The number of hydrogen-bond donors (Lipinski definition) is 0. The number of alkyl halides is 3. The molecule has 0 aliphatic carbocycles. The molecule has 24 heavy (non-hydrogen) atoms. The van der Waals surface area contributed by atoms with Crippen LogP contribution < -0.4 is 4.90 Å². The molecule has 0 bridgehead atoms. The molecule has 1 aromatic carbocycles. The van der Waals surface area contributed by atoms with Crippen LogP contribution in [-0.4, -0.2) is 32.5 Å². The average Bonchev–Trinajstić information content (AvgIpc) is 3.03. The molecule has 9 heteroatoms. The number of halogens is 3. The van der Waals surface area contributed by atoms with Gasteiger partial charge < -0.3 is 9.47 Å². The van der Waals surface area contributed by atoms with Gasteiger partial charge in [-0.2, -0.15) is 13.2 Å². The van der Waals surface area contributed by atoms with Gasteiger partial charge in [0.15, 0.2) is 5.16 Å². The fourth-order valence-electron chi connectivity index (χ4n) is 2.83. The lowest BCUT2D eigenvalue weighted by Gasteiger charge is -2.22. The van der Waals surface area contributed by atoms with E-state index in [1.807, 2.05) is 31.2 Å². The quantitative estimate of drug-likeness (QED) is 0.794. The molecule has 2 aromatic rings. The van der Waals surface area contributed by atoms with Crippen molar-refractivity contribution in [2.75, 3.05) is 10.7 Å². The van der Waals surface area contributed by atoms with Crippen LogP contribution in [0.15, 0.2) is 29.4 Å². The van der Waals surface area contributed by atoms with E-state index in [2.05, 4.69) is 10.2 Å². The van der Waals surface area contributed by atoms with E-state index in [4.69, 9.17) is 0 Å². The van der Waals surface area contributed by atoms with Crippen LogP contribution in [0.4, 0.5) is 18.9 Å². The van der Waals surface area contributed by atoms with Gasteiger partial charge in [-0.05, 0) is 25.0 Å². The first-order chi connectivity index (χ1) is 11.3. The van der Waals surface area contributed by atoms with E-state index >= 15 is 0 Å². The van der Waals surface area contributed by atoms with Crippen LogP contribution in [0, 0.1) is 0 Å². The first-order valence-electron chi connectivity index (χ1n) is 7.28. The Labute approximate surface area is 140 Å². The molecular weight excluding hydrogens is 341 g/mol. The highest BCUT2D eigenvalue weighted by molar-refractivity contribution is 7.99. The zero-order chi connectivity index (χ0) is 17.5. The molecule has 1 atom stereocenters. The van der Waals surface area contributed by atoms with E-state index in [9.17, 15) is 18.0 Å². The summed E-state index contributed by atoms with van der Waals surface area (Å²) in [5, 5.41) is 6.75. The SMILES string of the molecule is C[C@H]1Cc2ccccc2N1C(=O)CSc1nnc(C(F)(F)F)n1C. The van der Waals surface area contributed by atoms with Crippen LogP contribution in [0.25, 0.3) is 0 Å². The Balaban J connectivity index is 1.72. The Kier molecular flexibility index (Phi) is 4.29. The van der Waals surface area contributed by atoms with Crippen molar-refractivity contribution in [3.8, 4) is 0 Å². The van der Waals surface area contributed by atoms with Gasteiger partial charge in [-0.25, -0.2) is 0 Å².